The summed E-state index contributed by atoms with van der Waals surface area (Å²) in [7, 11) is 1.09. The van der Waals surface area contributed by atoms with Gasteiger partial charge in [-0.2, -0.15) is 0 Å². The van der Waals surface area contributed by atoms with Gasteiger partial charge in [0.1, 0.15) is 0 Å². The Hall–Kier alpha value is -1.10. The minimum Gasteiger partial charge on any atom is -0.466 e. The fourth-order valence-electron chi connectivity index (χ4n) is 0.924. The number of esters is 1. The third-order valence-electron chi connectivity index (χ3n) is 1.92. The van der Waals surface area contributed by atoms with E-state index in [0.717, 1.165) is 7.11 Å². The summed E-state index contributed by atoms with van der Waals surface area (Å²) in [6.07, 6.45) is 0. The molecule has 5 nitrogen and oxygen atoms in total. The summed E-state index contributed by atoms with van der Waals surface area (Å²) in [4.78, 5) is 22.1. The maximum atomic E-state index is 11.1. The fraction of sp³-hybridized carbons (Fsp3) is 0.750. The topological polar surface area (TPSA) is 89.6 Å². The van der Waals surface area contributed by atoms with E-state index in [1.54, 1.807) is 0 Å². The molecule has 76 valence electrons. The first-order valence-corrected chi connectivity index (χ1v) is 3.78. The standard InChI is InChI=1S/C8H15NO4/c1-7(2,3)8(12,5(9)10)6(11)13-4/h12H,1-4H3,(H2,9,10). The number of primary amides is 1. The summed E-state index contributed by atoms with van der Waals surface area (Å²) < 4.78 is 4.31. The van der Waals surface area contributed by atoms with Crippen LogP contribution < -0.4 is 5.73 Å². The lowest BCUT2D eigenvalue weighted by Crippen LogP contribution is -2.59. The molecule has 0 aromatic carbocycles. The van der Waals surface area contributed by atoms with Gasteiger partial charge in [-0.1, -0.05) is 20.8 Å². The molecule has 0 bridgehead atoms. The van der Waals surface area contributed by atoms with Crippen molar-refractivity contribution in [2.45, 2.75) is 26.4 Å². The molecule has 5 heteroatoms. The fourth-order valence-corrected chi connectivity index (χ4v) is 0.924. The Morgan fingerprint density at radius 3 is 1.77 bits per heavy atom. The molecule has 0 saturated heterocycles. The minimum atomic E-state index is -2.28. The van der Waals surface area contributed by atoms with Gasteiger partial charge in [-0.3, -0.25) is 4.79 Å². The number of rotatable bonds is 2. The number of carbonyl (C=O) groups is 2. The van der Waals surface area contributed by atoms with Crippen LogP contribution in [0, 0.1) is 5.41 Å². The van der Waals surface area contributed by atoms with Crippen molar-refractivity contribution in [3.8, 4) is 0 Å². The molecule has 0 heterocycles. The van der Waals surface area contributed by atoms with E-state index in [2.05, 4.69) is 4.74 Å². The van der Waals surface area contributed by atoms with Crippen molar-refractivity contribution in [2.24, 2.45) is 11.1 Å². The van der Waals surface area contributed by atoms with Crippen molar-refractivity contribution in [2.75, 3.05) is 7.11 Å². The third-order valence-corrected chi connectivity index (χ3v) is 1.92. The molecule has 0 fully saturated rings. The van der Waals surface area contributed by atoms with Gasteiger partial charge in [0.05, 0.1) is 7.11 Å². The summed E-state index contributed by atoms with van der Waals surface area (Å²) in [6.45, 7) is 4.57. The zero-order chi connectivity index (χ0) is 10.9. The highest BCUT2D eigenvalue weighted by molar-refractivity contribution is 6.06. The molecule has 0 aromatic heterocycles. The summed E-state index contributed by atoms with van der Waals surface area (Å²) in [5.41, 5.74) is 1.67. The number of hydrogen-bond donors (Lipinski definition) is 2. The molecule has 13 heavy (non-hydrogen) atoms. The number of aliphatic hydroxyl groups is 1. The van der Waals surface area contributed by atoms with E-state index in [4.69, 9.17) is 5.73 Å². The Balaban J connectivity index is 5.20. The Morgan fingerprint density at radius 2 is 1.69 bits per heavy atom. The van der Waals surface area contributed by atoms with Crippen molar-refractivity contribution in [3.63, 3.8) is 0 Å². The van der Waals surface area contributed by atoms with Gasteiger partial charge < -0.3 is 15.6 Å². The van der Waals surface area contributed by atoms with Crippen LogP contribution in [0.3, 0.4) is 0 Å². The molecule has 1 atom stereocenters. The lowest BCUT2D eigenvalue weighted by Gasteiger charge is -2.34. The van der Waals surface area contributed by atoms with Gasteiger partial charge in [0.25, 0.3) is 5.91 Å². The van der Waals surface area contributed by atoms with E-state index >= 15 is 0 Å². The molecule has 0 spiro atoms. The van der Waals surface area contributed by atoms with Gasteiger partial charge in [-0.15, -0.1) is 0 Å². The largest absolute Gasteiger partial charge is 0.466 e. The molecule has 3 N–H and O–H groups in total. The van der Waals surface area contributed by atoms with Crippen LogP contribution in [0.15, 0.2) is 0 Å². The smallest absolute Gasteiger partial charge is 0.348 e. The first-order valence-electron chi connectivity index (χ1n) is 3.78. The monoisotopic (exact) mass is 189 g/mol. The Kier molecular flexibility index (Phi) is 3.05. The second kappa shape index (κ2) is 3.33. The molecule has 0 aliphatic rings. The number of methoxy groups -OCH3 is 1. The molecule has 0 aliphatic carbocycles. The maximum absolute atomic E-state index is 11.1. The first kappa shape index (κ1) is 11.9. The second-order valence-corrected chi connectivity index (χ2v) is 3.82. The van der Waals surface area contributed by atoms with Crippen molar-refractivity contribution in [1.29, 1.82) is 0 Å². The van der Waals surface area contributed by atoms with Crippen LogP contribution in [0.2, 0.25) is 0 Å². The molecule has 1 amide bonds. The predicted molar refractivity (Wildman–Crippen MR) is 45.6 cm³/mol. The SMILES string of the molecule is COC(=O)C(O)(C(N)=O)C(C)(C)C. The van der Waals surface area contributed by atoms with E-state index in [-0.39, 0.29) is 0 Å². The Morgan fingerprint density at radius 1 is 1.31 bits per heavy atom. The van der Waals surface area contributed by atoms with Crippen LogP contribution in [0.4, 0.5) is 0 Å². The number of nitrogens with two attached hydrogens (primary N) is 1. The average molecular weight is 189 g/mol. The minimum absolute atomic E-state index is 0.994. The van der Waals surface area contributed by atoms with Crippen LogP contribution in [0.5, 0.6) is 0 Å². The van der Waals surface area contributed by atoms with Crippen molar-refractivity contribution >= 4 is 11.9 Å². The van der Waals surface area contributed by atoms with Crippen molar-refractivity contribution in [1.82, 2.24) is 0 Å². The van der Waals surface area contributed by atoms with Gasteiger partial charge in [0.15, 0.2) is 0 Å². The average Bonchev–Trinajstić information content (AvgIpc) is 1.98. The van der Waals surface area contributed by atoms with Crippen molar-refractivity contribution in [3.05, 3.63) is 0 Å². The molecule has 0 rings (SSSR count). The summed E-state index contributed by atoms with van der Waals surface area (Å²) in [5.74, 6) is -2.14. The predicted octanol–water partition coefficient (Wildman–Crippen LogP) is -0.578. The van der Waals surface area contributed by atoms with Gasteiger partial charge in [-0.25, -0.2) is 4.79 Å². The number of amides is 1. The van der Waals surface area contributed by atoms with Gasteiger partial charge in [0, 0.05) is 5.41 Å². The lowest BCUT2D eigenvalue weighted by atomic mass is 9.76. The Bertz CT molecular complexity index is 231. The molecule has 1 unspecified atom stereocenters. The molecule has 0 saturated carbocycles. The lowest BCUT2D eigenvalue weighted by molar-refractivity contribution is -0.179. The quantitative estimate of drug-likeness (QED) is 0.449. The van der Waals surface area contributed by atoms with Crippen LogP contribution in [0.1, 0.15) is 20.8 Å². The van der Waals surface area contributed by atoms with E-state index in [1.165, 1.54) is 20.8 Å². The number of ether oxygens (including phenoxy) is 1. The summed E-state index contributed by atoms with van der Waals surface area (Å²) >= 11 is 0. The normalized spacial score (nSPS) is 16.1. The van der Waals surface area contributed by atoms with Crippen LogP contribution in [0.25, 0.3) is 0 Å². The van der Waals surface area contributed by atoms with E-state index < -0.39 is 22.9 Å². The Labute approximate surface area is 76.9 Å². The first-order chi connectivity index (χ1) is 5.67. The summed E-state index contributed by atoms with van der Waals surface area (Å²) in [6, 6.07) is 0. The van der Waals surface area contributed by atoms with Gasteiger partial charge in [0.2, 0.25) is 5.60 Å². The van der Waals surface area contributed by atoms with E-state index in [9.17, 15) is 14.7 Å². The van der Waals surface area contributed by atoms with Crippen molar-refractivity contribution < 1.29 is 19.4 Å². The number of hydrogen-bond acceptors (Lipinski definition) is 4. The molecule has 0 aromatic rings. The second-order valence-electron chi connectivity index (χ2n) is 3.82. The van der Waals surface area contributed by atoms with Gasteiger partial charge in [-0.05, 0) is 0 Å². The molecule has 0 radical (unpaired) electrons. The highest BCUT2D eigenvalue weighted by atomic mass is 16.5. The molecular weight excluding hydrogens is 174 g/mol. The van der Waals surface area contributed by atoms with E-state index in [1.807, 2.05) is 0 Å². The summed E-state index contributed by atoms with van der Waals surface area (Å²) in [5, 5.41) is 9.74. The highest BCUT2D eigenvalue weighted by Crippen LogP contribution is 2.31. The van der Waals surface area contributed by atoms with Crippen LogP contribution in [-0.2, 0) is 14.3 Å². The van der Waals surface area contributed by atoms with E-state index in [0.29, 0.717) is 0 Å². The third kappa shape index (κ3) is 1.80. The molecule has 0 aliphatic heterocycles. The molecular formula is C8H15NO4. The van der Waals surface area contributed by atoms with Crippen LogP contribution >= 0.6 is 0 Å². The number of carbonyl (C=O) groups excluding carboxylic acids is 2. The maximum Gasteiger partial charge on any atom is 0.348 e. The highest BCUT2D eigenvalue weighted by Gasteiger charge is 2.53. The van der Waals surface area contributed by atoms with Gasteiger partial charge >= 0.3 is 5.97 Å². The van der Waals surface area contributed by atoms with Crippen LogP contribution in [-0.4, -0.2) is 29.7 Å². The zero-order valence-electron chi connectivity index (χ0n) is 8.25. The zero-order valence-corrected chi connectivity index (χ0v) is 8.25.